The first kappa shape index (κ1) is 15.3. The molecule has 2 fully saturated rings. The minimum atomic E-state index is -0.0742. The number of likely N-dealkylation sites (tertiary alicyclic amines) is 1. The van der Waals surface area contributed by atoms with Crippen molar-refractivity contribution in [2.75, 3.05) is 19.7 Å². The Balaban J connectivity index is 1.63. The smallest absolute Gasteiger partial charge is 0.0577 e. The molecule has 1 aliphatic heterocycles. The molecule has 0 atom stereocenters. The van der Waals surface area contributed by atoms with Gasteiger partial charge in [0.15, 0.2) is 0 Å². The summed E-state index contributed by atoms with van der Waals surface area (Å²) in [4.78, 5) is 2.58. The molecule has 1 heterocycles. The van der Waals surface area contributed by atoms with Crippen LogP contribution in [0.3, 0.4) is 0 Å². The van der Waals surface area contributed by atoms with Gasteiger partial charge in [0.25, 0.3) is 0 Å². The number of hydrogen-bond acceptors (Lipinski definition) is 3. The van der Waals surface area contributed by atoms with E-state index in [1.807, 2.05) is 0 Å². The molecule has 1 saturated carbocycles. The monoisotopic (exact) mass is 269 g/mol. The van der Waals surface area contributed by atoms with Crippen LogP contribution in [-0.4, -0.2) is 47.4 Å². The van der Waals surface area contributed by atoms with Crippen LogP contribution in [0.1, 0.15) is 59.3 Å². The molecule has 3 nitrogen and oxygen atoms in total. The van der Waals surface area contributed by atoms with Gasteiger partial charge in [0.1, 0.15) is 0 Å². The van der Waals surface area contributed by atoms with Crippen LogP contribution in [0.25, 0.3) is 0 Å². The van der Waals surface area contributed by atoms with Crippen LogP contribution in [-0.2, 0) is 4.74 Å². The summed E-state index contributed by atoms with van der Waals surface area (Å²) in [6.45, 7) is 10.3. The van der Waals surface area contributed by atoms with E-state index >= 15 is 0 Å². The van der Waals surface area contributed by atoms with Crippen LogP contribution >= 0.6 is 0 Å². The van der Waals surface area contributed by atoms with Crippen molar-refractivity contribution in [1.29, 1.82) is 0 Å². The summed E-state index contributed by atoms with van der Waals surface area (Å²) in [5, 5.41) is 9.49. The van der Waals surface area contributed by atoms with Crippen molar-refractivity contribution in [3.8, 4) is 0 Å². The first-order valence-corrected chi connectivity index (χ1v) is 8.00. The lowest BCUT2D eigenvalue weighted by Crippen LogP contribution is -2.46. The van der Waals surface area contributed by atoms with Gasteiger partial charge in [-0.05, 0) is 78.3 Å². The summed E-state index contributed by atoms with van der Waals surface area (Å²) in [6.07, 6.45) is 6.81. The Bertz CT molecular complexity index is 258. The van der Waals surface area contributed by atoms with Crippen molar-refractivity contribution in [2.45, 2.75) is 77.0 Å². The number of nitrogens with zero attached hydrogens (tertiary/aromatic N) is 1. The quantitative estimate of drug-likeness (QED) is 0.855. The van der Waals surface area contributed by atoms with Gasteiger partial charge in [-0.15, -0.1) is 0 Å². The van der Waals surface area contributed by atoms with Crippen LogP contribution in [0.5, 0.6) is 0 Å². The first-order valence-electron chi connectivity index (χ1n) is 8.00. The van der Waals surface area contributed by atoms with Crippen molar-refractivity contribution in [1.82, 2.24) is 4.90 Å². The Labute approximate surface area is 118 Å². The molecular formula is C16H31NO2. The fourth-order valence-electron chi connectivity index (χ4n) is 3.25. The molecule has 19 heavy (non-hydrogen) atoms. The maximum Gasteiger partial charge on any atom is 0.0577 e. The molecule has 2 rings (SSSR count). The lowest BCUT2D eigenvalue weighted by atomic mass is 9.92. The zero-order valence-electron chi connectivity index (χ0n) is 12.9. The molecule has 0 radical (unpaired) electrons. The van der Waals surface area contributed by atoms with Crippen LogP contribution < -0.4 is 0 Å². The summed E-state index contributed by atoms with van der Waals surface area (Å²) in [5.74, 6) is 0.741. The Morgan fingerprint density at radius 1 is 1.00 bits per heavy atom. The number of aliphatic hydroxyl groups excluding tert-OH is 1. The van der Waals surface area contributed by atoms with E-state index in [1.165, 1.54) is 25.9 Å². The predicted molar refractivity (Wildman–Crippen MR) is 78.3 cm³/mol. The minimum Gasteiger partial charge on any atom is -0.393 e. The van der Waals surface area contributed by atoms with Gasteiger partial charge in [-0.2, -0.15) is 0 Å². The Morgan fingerprint density at radius 2 is 1.58 bits per heavy atom. The molecule has 0 unspecified atom stereocenters. The van der Waals surface area contributed by atoms with Gasteiger partial charge in [-0.25, -0.2) is 0 Å². The van der Waals surface area contributed by atoms with Crippen LogP contribution in [0.15, 0.2) is 0 Å². The molecule has 0 aromatic carbocycles. The highest BCUT2D eigenvalue weighted by Gasteiger charge is 2.28. The van der Waals surface area contributed by atoms with E-state index in [2.05, 4.69) is 25.7 Å². The van der Waals surface area contributed by atoms with Gasteiger partial charge in [-0.3, -0.25) is 4.90 Å². The average molecular weight is 269 g/mol. The fraction of sp³-hybridized carbons (Fsp3) is 1.00. The summed E-state index contributed by atoms with van der Waals surface area (Å²) in [7, 11) is 0. The summed E-state index contributed by atoms with van der Waals surface area (Å²) >= 11 is 0. The molecule has 0 amide bonds. The number of aliphatic hydroxyl groups is 1. The van der Waals surface area contributed by atoms with Crippen molar-refractivity contribution in [3.63, 3.8) is 0 Å². The average Bonchev–Trinajstić information content (AvgIpc) is 2.37. The minimum absolute atomic E-state index is 0.0742. The van der Waals surface area contributed by atoms with Gasteiger partial charge in [-0.1, -0.05) is 0 Å². The maximum absolute atomic E-state index is 9.49. The second-order valence-electron chi connectivity index (χ2n) is 7.37. The molecule has 3 heteroatoms. The van der Waals surface area contributed by atoms with E-state index in [-0.39, 0.29) is 6.10 Å². The van der Waals surface area contributed by atoms with E-state index in [1.54, 1.807) is 0 Å². The molecule has 1 saturated heterocycles. The highest BCUT2D eigenvalue weighted by Crippen LogP contribution is 2.26. The molecule has 112 valence electrons. The molecular weight excluding hydrogens is 238 g/mol. The third-order valence-electron chi connectivity index (χ3n) is 4.77. The Kier molecular flexibility index (Phi) is 5.27. The summed E-state index contributed by atoms with van der Waals surface area (Å²) in [6, 6.07) is 0. The number of rotatable bonds is 3. The molecule has 0 aromatic rings. The summed E-state index contributed by atoms with van der Waals surface area (Å²) < 4.78 is 6.06. The Morgan fingerprint density at radius 3 is 2.11 bits per heavy atom. The molecule has 1 aliphatic carbocycles. The third-order valence-corrected chi connectivity index (χ3v) is 4.77. The number of ether oxygens (including phenoxy) is 1. The number of hydrogen-bond donors (Lipinski definition) is 1. The highest BCUT2D eigenvalue weighted by atomic mass is 16.5. The van der Waals surface area contributed by atoms with E-state index in [9.17, 15) is 5.11 Å². The number of piperidine rings is 1. The molecule has 2 aliphatic rings. The van der Waals surface area contributed by atoms with E-state index in [4.69, 9.17) is 4.74 Å². The SMILES string of the molecule is CC(C)(C)N1CCC(COC2CCC(O)CC2)CC1. The lowest BCUT2D eigenvalue weighted by molar-refractivity contribution is -0.0307. The van der Waals surface area contributed by atoms with Gasteiger partial charge in [0, 0.05) is 12.1 Å². The van der Waals surface area contributed by atoms with Gasteiger partial charge >= 0.3 is 0 Å². The topological polar surface area (TPSA) is 32.7 Å². The highest BCUT2D eigenvalue weighted by molar-refractivity contribution is 4.82. The van der Waals surface area contributed by atoms with Crippen LogP contribution in [0.2, 0.25) is 0 Å². The molecule has 0 spiro atoms. The fourth-order valence-corrected chi connectivity index (χ4v) is 3.25. The van der Waals surface area contributed by atoms with E-state index in [0.29, 0.717) is 11.6 Å². The van der Waals surface area contributed by atoms with Crippen molar-refractivity contribution < 1.29 is 9.84 Å². The second-order valence-corrected chi connectivity index (χ2v) is 7.37. The zero-order chi connectivity index (χ0) is 13.9. The van der Waals surface area contributed by atoms with Gasteiger partial charge in [0.05, 0.1) is 12.2 Å². The molecule has 0 aromatic heterocycles. The third kappa shape index (κ3) is 4.73. The van der Waals surface area contributed by atoms with Gasteiger partial charge < -0.3 is 9.84 Å². The van der Waals surface area contributed by atoms with E-state index < -0.39 is 0 Å². The Hall–Kier alpha value is -0.120. The largest absolute Gasteiger partial charge is 0.393 e. The van der Waals surface area contributed by atoms with Crippen molar-refractivity contribution in [2.24, 2.45) is 5.92 Å². The standard InChI is InChI=1S/C16H31NO2/c1-16(2,3)17-10-8-13(9-11-17)12-19-15-6-4-14(18)5-7-15/h13-15,18H,4-12H2,1-3H3. The lowest BCUT2D eigenvalue weighted by Gasteiger charge is -2.41. The van der Waals surface area contributed by atoms with Crippen LogP contribution in [0, 0.1) is 5.92 Å². The van der Waals surface area contributed by atoms with Crippen molar-refractivity contribution >= 4 is 0 Å². The maximum atomic E-state index is 9.49. The van der Waals surface area contributed by atoms with Crippen molar-refractivity contribution in [3.05, 3.63) is 0 Å². The zero-order valence-corrected chi connectivity index (χ0v) is 12.9. The van der Waals surface area contributed by atoms with Crippen LogP contribution in [0.4, 0.5) is 0 Å². The second kappa shape index (κ2) is 6.55. The summed E-state index contributed by atoms with van der Waals surface area (Å²) in [5.41, 5.74) is 0.311. The molecule has 0 bridgehead atoms. The normalized spacial score (nSPS) is 31.6. The van der Waals surface area contributed by atoms with E-state index in [0.717, 1.165) is 38.2 Å². The first-order chi connectivity index (χ1) is 8.95. The predicted octanol–water partition coefficient (Wildman–Crippen LogP) is 2.82. The van der Waals surface area contributed by atoms with Gasteiger partial charge in [0.2, 0.25) is 0 Å². The molecule has 1 N–H and O–H groups in total.